The van der Waals surface area contributed by atoms with Crippen LogP contribution < -0.4 is 10.1 Å². The van der Waals surface area contributed by atoms with Gasteiger partial charge in [-0.2, -0.15) is 0 Å². The zero-order valence-electron chi connectivity index (χ0n) is 10.3. The lowest BCUT2D eigenvalue weighted by Crippen LogP contribution is -2.24. The summed E-state index contributed by atoms with van der Waals surface area (Å²) in [4.78, 5) is 11.9. The lowest BCUT2D eigenvalue weighted by Gasteiger charge is -2.08. The molecule has 0 saturated carbocycles. The SMILES string of the molecule is CCCCCNC(=O)c1cc(OC)ccc1Br. The Bertz CT molecular complexity index is 380. The second kappa shape index (κ2) is 7.33. The molecule has 0 atom stereocenters. The summed E-state index contributed by atoms with van der Waals surface area (Å²) < 4.78 is 5.89. The van der Waals surface area contributed by atoms with Gasteiger partial charge in [0.05, 0.1) is 12.7 Å². The maximum Gasteiger partial charge on any atom is 0.252 e. The molecule has 1 amide bonds. The minimum absolute atomic E-state index is 0.0631. The number of hydrogen-bond acceptors (Lipinski definition) is 2. The molecule has 1 aromatic carbocycles. The third-order valence-corrected chi connectivity index (χ3v) is 3.18. The van der Waals surface area contributed by atoms with Crippen LogP contribution >= 0.6 is 15.9 Å². The van der Waals surface area contributed by atoms with Crippen LogP contribution in [0.3, 0.4) is 0 Å². The van der Waals surface area contributed by atoms with Crippen molar-refractivity contribution in [3.63, 3.8) is 0 Å². The molecule has 17 heavy (non-hydrogen) atoms. The van der Waals surface area contributed by atoms with Crippen molar-refractivity contribution < 1.29 is 9.53 Å². The predicted molar refractivity (Wildman–Crippen MR) is 72.6 cm³/mol. The number of carbonyl (C=O) groups excluding carboxylic acids is 1. The van der Waals surface area contributed by atoms with E-state index in [0.717, 1.165) is 30.3 Å². The minimum Gasteiger partial charge on any atom is -0.497 e. The first-order valence-corrected chi connectivity index (χ1v) is 6.60. The fourth-order valence-corrected chi connectivity index (χ4v) is 1.90. The number of benzene rings is 1. The van der Waals surface area contributed by atoms with Gasteiger partial charge >= 0.3 is 0 Å². The van der Waals surface area contributed by atoms with Crippen molar-refractivity contribution in [1.82, 2.24) is 5.32 Å². The van der Waals surface area contributed by atoms with Crippen molar-refractivity contribution in [1.29, 1.82) is 0 Å². The summed E-state index contributed by atoms with van der Waals surface area (Å²) in [7, 11) is 1.59. The number of unbranched alkanes of at least 4 members (excludes halogenated alkanes) is 2. The summed E-state index contributed by atoms with van der Waals surface area (Å²) in [5.41, 5.74) is 0.612. The first-order valence-electron chi connectivity index (χ1n) is 5.80. The summed E-state index contributed by atoms with van der Waals surface area (Å²) in [6, 6.07) is 5.37. The highest BCUT2D eigenvalue weighted by Gasteiger charge is 2.10. The van der Waals surface area contributed by atoms with Crippen molar-refractivity contribution in [3.05, 3.63) is 28.2 Å². The number of carbonyl (C=O) groups is 1. The number of halogens is 1. The van der Waals surface area contributed by atoms with Gasteiger partial charge in [0.1, 0.15) is 5.75 Å². The number of rotatable bonds is 6. The van der Waals surface area contributed by atoms with Gasteiger partial charge in [-0.1, -0.05) is 19.8 Å². The molecule has 0 bridgehead atoms. The van der Waals surface area contributed by atoms with E-state index in [1.807, 2.05) is 12.1 Å². The van der Waals surface area contributed by atoms with Gasteiger partial charge in [0, 0.05) is 11.0 Å². The molecule has 94 valence electrons. The molecule has 0 unspecified atom stereocenters. The molecule has 0 radical (unpaired) electrons. The molecule has 0 aliphatic carbocycles. The zero-order chi connectivity index (χ0) is 12.7. The molecule has 1 rings (SSSR count). The summed E-state index contributed by atoms with van der Waals surface area (Å²) in [6.45, 7) is 2.86. The first kappa shape index (κ1) is 14.0. The van der Waals surface area contributed by atoms with E-state index >= 15 is 0 Å². The fourth-order valence-electron chi connectivity index (χ4n) is 1.48. The quantitative estimate of drug-likeness (QED) is 0.818. The van der Waals surface area contributed by atoms with Gasteiger partial charge in [0.25, 0.3) is 5.91 Å². The van der Waals surface area contributed by atoms with Gasteiger partial charge in [-0.15, -0.1) is 0 Å². The lowest BCUT2D eigenvalue weighted by atomic mass is 10.2. The van der Waals surface area contributed by atoms with E-state index in [1.54, 1.807) is 13.2 Å². The summed E-state index contributed by atoms with van der Waals surface area (Å²) in [5, 5.41) is 2.90. The van der Waals surface area contributed by atoms with E-state index in [4.69, 9.17) is 4.74 Å². The van der Waals surface area contributed by atoms with Gasteiger partial charge < -0.3 is 10.1 Å². The molecule has 3 nitrogen and oxygen atoms in total. The molecule has 0 spiro atoms. The molecule has 0 aromatic heterocycles. The van der Waals surface area contributed by atoms with Crippen LogP contribution in [-0.4, -0.2) is 19.6 Å². The van der Waals surface area contributed by atoms with Crippen molar-refractivity contribution in [2.45, 2.75) is 26.2 Å². The normalized spacial score (nSPS) is 10.1. The van der Waals surface area contributed by atoms with E-state index in [0.29, 0.717) is 11.3 Å². The molecular weight excluding hydrogens is 282 g/mol. The van der Waals surface area contributed by atoms with Crippen LogP contribution in [-0.2, 0) is 0 Å². The second-order valence-electron chi connectivity index (χ2n) is 3.81. The Morgan fingerprint density at radius 3 is 2.82 bits per heavy atom. The van der Waals surface area contributed by atoms with Crippen LogP contribution in [0.25, 0.3) is 0 Å². The van der Waals surface area contributed by atoms with Crippen molar-refractivity contribution in [3.8, 4) is 5.75 Å². The Balaban J connectivity index is 2.61. The molecule has 0 saturated heterocycles. The van der Waals surface area contributed by atoms with E-state index < -0.39 is 0 Å². The van der Waals surface area contributed by atoms with Gasteiger partial charge in [-0.3, -0.25) is 4.79 Å². The maximum absolute atomic E-state index is 11.9. The highest BCUT2D eigenvalue weighted by molar-refractivity contribution is 9.10. The smallest absolute Gasteiger partial charge is 0.252 e. The fraction of sp³-hybridized carbons (Fsp3) is 0.462. The summed E-state index contributed by atoms with van der Waals surface area (Å²) in [6.07, 6.45) is 3.31. The van der Waals surface area contributed by atoms with Crippen LogP contribution in [0.1, 0.15) is 36.5 Å². The Morgan fingerprint density at radius 2 is 2.18 bits per heavy atom. The topological polar surface area (TPSA) is 38.3 Å². The standard InChI is InChI=1S/C13H18BrNO2/c1-3-4-5-8-15-13(16)11-9-10(17-2)6-7-12(11)14/h6-7,9H,3-5,8H2,1-2H3,(H,15,16). The average molecular weight is 300 g/mol. The Hall–Kier alpha value is -1.03. The average Bonchev–Trinajstić information content (AvgIpc) is 2.35. The third-order valence-electron chi connectivity index (χ3n) is 2.48. The van der Waals surface area contributed by atoms with Crippen molar-refractivity contribution >= 4 is 21.8 Å². The van der Waals surface area contributed by atoms with Crippen molar-refractivity contribution in [2.75, 3.05) is 13.7 Å². The van der Waals surface area contributed by atoms with Crippen LogP contribution in [0, 0.1) is 0 Å². The van der Waals surface area contributed by atoms with Crippen molar-refractivity contribution in [2.24, 2.45) is 0 Å². The molecule has 1 aromatic rings. The van der Waals surface area contributed by atoms with E-state index in [9.17, 15) is 4.79 Å². The maximum atomic E-state index is 11.9. The van der Waals surface area contributed by atoms with E-state index in [1.165, 1.54) is 0 Å². The zero-order valence-corrected chi connectivity index (χ0v) is 11.8. The molecule has 0 aliphatic heterocycles. The molecule has 4 heteroatoms. The van der Waals surface area contributed by atoms with Crippen LogP contribution in [0.5, 0.6) is 5.75 Å². The molecular formula is C13H18BrNO2. The van der Waals surface area contributed by atoms with E-state index in [-0.39, 0.29) is 5.91 Å². The van der Waals surface area contributed by atoms with Gasteiger partial charge in [-0.05, 0) is 40.5 Å². The van der Waals surface area contributed by atoms with Crippen LogP contribution in [0.2, 0.25) is 0 Å². The van der Waals surface area contributed by atoms with E-state index in [2.05, 4.69) is 28.2 Å². The highest BCUT2D eigenvalue weighted by atomic mass is 79.9. The second-order valence-corrected chi connectivity index (χ2v) is 4.66. The number of ether oxygens (including phenoxy) is 1. The summed E-state index contributed by atoms with van der Waals surface area (Å²) in [5.74, 6) is 0.624. The number of hydrogen-bond donors (Lipinski definition) is 1. The third kappa shape index (κ3) is 4.38. The molecule has 1 N–H and O–H groups in total. The largest absolute Gasteiger partial charge is 0.497 e. The van der Waals surface area contributed by atoms with Gasteiger partial charge in [0.15, 0.2) is 0 Å². The minimum atomic E-state index is -0.0631. The molecule has 0 fully saturated rings. The Morgan fingerprint density at radius 1 is 1.41 bits per heavy atom. The summed E-state index contributed by atoms with van der Waals surface area (Å²) >= 11 is 3.37. The first-order chi connectivity index (χ1) is 8.19. The number of amides is 1. The number of nitrogens with one attached hydrogen (secondary N) is 1. The monoisotopic (exact) mass is 299 g/mol. The Kier molecular flexibility index (Phi) is 6.05. The van der Waals surface area contributed by atoms with Gasteiger partial charge in [0.2, 0.25) is 0 Å². The molecule has 0 heterocycles. The predicted octanol–water partition coefficient (Wildman–Crippen LogP) is 3.38. The Labute approximate surface area is 111 Å². The number of methoxy groups -OCH3 is 1. The highest BCUT2D eigenvalue weighted by Crippen LogP contribution is 2.22. The molecule has 0 aliphatic rings. The lowest BCUT2D eigenvalue weighted by molar-refractivity contribution is 0.0952. The van der Waals surface area contributed by atoms with Crippen LogP contribution in [0.15, 0.2) is 22.7 Å². The van der Waals surface area contributed by atoms with Gasteiger partial charge in [-0.25, -0.2) is 0 Å². The van der Waals surface area contributed by atoms with Crippen LogP contribution in [0.4, 0.5) is 0 Å².